The van der Waals surface area contributed by atoms with Gasteiger partial charge < -0.3 is 15.7 Å². The number of aryl methyl sites for hydroxylation is 1. The lowest BCUT2D eigenvalue weighted by atomic mass is 10.1. The van der Waals surface area contributed by atoms with Crippen LogP contribution in [0, 0.1) is 6.92 Å². The zero-order valence-electron chi connectivity index (χ0n) is 11.5. The molecule has 21 heavy (non-hydrogen) atoms. The van der Waals surface area contributed by atoms with Crippen molar-refractivity contribution in [3.8, 4) is 5.69 Å². The molecule has 1 saturated heterocycles. The van der Waals surface area contributed by atoms with Crippen LogP contribution in [0.15, 0.2) is 24.5 Å². The van der Waals surface area contributed by atoms with E-state index < -0.39 is 6.10 Å². The van der Waals surface area contributed by atoms with Crippen LogP contribution in [0.2, 0.25) is 0 Å². The summed E-state index contributed by atoms with van der Waals surface area (Å²) >= 11 is 0. The fourth-order valence-corrected chi connectivity index (χ4v) is 2.30. The van der Waals surface area contributed by atoms with E-state index in [9.17, 15) is 9.90 Å². The van der Waals surface area contributed by atoms with Gasteiger partial charge in [-0.2, -0.15) is 0 Å². The van der Waals surface area contributed by atoms with Crippen LogP contribution in [0.5, 0.6) is 0 Å². The fraction of sp³-hybridized carbons (Fsp3) is 0.385. The summed E-state index contributed by atoms with van der Waals surface area (Å²) in [6, 6.07) is 5.22. The Morgan fingerprint density at radius 2 is 2.38 bits per heavy atom. The standard InChI is InChI=1S/C13H16N6O2/c1-8-2-3-9(19-7-15-17-18-19)4-11(8)16-13(21)12-5-10(20)6-14-12/h2-4,7,10,12,14,20H,5-6H2,1H3,(H,16,21). The number of β-amino-alcohol motifs (C(OH)–C–C–N with tert-alkyl or cyclic N) is 1. The Hall–Kier alpha value is -2.32. The molecule has 3 rings (SSSR count). The van der Waals surface area contributed by atoms with Crippen LogP contribution in [0.25, 0.3) is 5.69 Å². The average molecular weight is 288 g/mol. The molecule has 1 aliphatic heterocycles. The summed E-state index contributed by atoms with van der Waals surface area (Å²) in [5.74, 6) is -0.150. The molecule has 1 aromatic heterocycles. The predicted molar refractivity (Wildman–Crippen MR) is 74.9 cm³/mol. The van der Waals surface area contributed by atoms with E-state index in [1.54, 1.807) is 0 Å². The molecule has 0 saturated carbocycles. The maximum Gasteiger partial charge on any atom is 0.241 e. The molecule has 110 valence electrons. The van der Waals surface area contributed by atoms with Crippen molar-refractivity contribution in [2.24, 2.45) is 0 Å². The minimum absolute atomic E-state index is 0.150. The van der Waals surface area contributed by atoms with Crippen molar-refractivity contribution in [3.05, 3.63) is 30.1 Å². The molecular formula is C13H16N6O2. The predicted octanol–water partition coefficient (Wildman–Crippen LogP) is -0.368. The molecule has 2 unspecified atom stereocenters. The number of carbonyl (C=O) groups excluding carboxylic acids is 1. The number of hydrogen-bond donors (Lipinski definition) is 3. The Bertz CT molecular complexity index is 642. The number of aliphatic hydroxyl groups is 1. The molecule has 2 heterocycles. The molecule has 0 aliphatic carbocycles. The lowest BCUT2D eigenvalue weighted by Gasteiger charge is -2.14. The van der Waals surface area contributed by atoms with Crippen molar-refractivity contribution >= 4 is 11.6 Å². The molecule has 0 spiro atoms. The van der Waals surface area contributed by atoms with Gasteiger partial charge in [-0.1, -0.05) is 6.07 Å². The van der Waals surface area contributed by atoms with Crippen LogP contribution in [0.3, 0.4) is 0 Å². The molecule has 1 aromatic carbocycles. The largest absolute Gasteiger partial charge is 0.392 e. The van der Waals surface area contributed by atoms with Gasteiger partial charge >= 0.3 is 0 Å². The number of carbonyl (C=O) groups is 1. The van der Waals surface area contributed by atoms with Gasteiger partial charge in [-0.25, -0.2) is 4.68 Å². The average Bonchev–Trinajstić information content (AvgIpc) is 3.12. The van der Waals surface area contributed by atoms with E-state index in [0.717, 1.165) is 11.3 Å². The van der Waals surface area contributed by atoms with E-state index in [2.05, 4.69) is 26.2 Å². The second kappa shape index (κ2) is 5.58. The Balaban J connectivity index is 1.78. The van der Waals surface area contributed by atoms with Crippen molar-refractivity contribution in [3.63, 3.8) is 0 Å². The molecule has 1 amide bonds. The number of benzene rings is 1. The van der Waals surface area contributed by atoms with Crippen molar-refractivity contribution in [1.82, 2.24) is 25.5 Å². The molecule has 1 aliphatic rings. The third-order valence-corrected chi connectivity index (χ3v) is 3.52. The van der Waals surface area contributed by atoms with Gasteiger partial charge in [0.25, 0.3) is 0 Å². The molecule has 2 atom stereocenters. The third-order valence-electron chi connectivity index (χ3n) is 3.52. The van der Waals surface area contributed by atoms with E-state index in [1.165, 1.54) is 11.0 Å². The Morgan fingerprint density at radius 3 is 3.05 bits per heavy atom. The van der Waals surface area contributed by atoms with E-state index in [1.807, 2.05) is 25.1 Å². The highest BCUT2D eigenvalue weighted by molar-refractivity contribution is 5.96. The molecular weight excluding hydrogens is 272 g/mol. The van der Waals surface area contributed by atoms with Gasteiger partial charge in [0.05, 0.1) is 17.8 Å². The number of nitrogens with zero attached hydrogens (tertiary/aromatic N) is 4. The molecule has 8 heteroatoms. The minimum atomic E-state index is -0.464. The Kier molecular flexibility index (Phi) is 3.63. The van der Waals surface area contributed by atoms with E-state index >= 15 is 0 Å². The minimum Gasteiger partial charge on any atom is -0.392 e. The smallest absolute Gasteiger partial charge is 0.241 e. The zero-order chi connectivity index (χ0) is 14.8. The molecule has 0 bridgehead atoms. The summed E-state index contributed by atoms with van der Waals surface area (Å²) in [4.78, 5) is 12.2. The molecule has 8 nitrogen and oxygen atoms in total. The SMILES string of the molecule is Cc1ccc(-n2cnnn2)cc1NC(=O)C1CC(O)CN1. The summed E-state index contributed by atoms with van der Waals surface area (Å²) in [6.07, 6.45) is 1.46. The zero-order valence-corrected chi connectivity index (χ0v) is 11.5. The first-order chi connectivity index (χ1) is 10.1. The monoisotopic (exact) mass is 288 g/mol. The van der Waals surface area contributed by atoms with Crippen LogP contribution >= 0.6 is 0 Å². The van der Waals surface area contributed by atoms with Gasteiger partial charge in [0.1, 0.15) is 6.33 Å². The second-order valence-corrected chi connectivity index (χ2v) is 5.09. The van der Waals surface area contributed by atoms with Gasteiger partial charge in [0.15, 0.2) is 0 Å². The summed E-state index contributed by atoms with van der Waals surface area (Å²) in [5.41, 5.74) is 2.41. The van der Waals surface area contributed by atoms with Gasteiger partial charge in [-0.3, -0.25) is 4.79 Å². The van der Waals surface area contributed by atoms with Crippen LogP contribution in [0.4, 0.5) is 5.69 Å². The number of anilines is 1. The maximum atomic E-state index is 12.2. The van der Waals surface area contributed by atoms with Crippen LogP contribution in [0.1, 0.15) is 12.0 Å². The summed E-state index contributed by atoms with van der Waals surface area (Å²) in [6.45, 7) is 2.36. The first kappa shape index (κ1) is 13.7. The molecule has 2 aromatic rings. The lowest BCUT2D eigenvalue weighted by molar-refractivity contribution is -0.117. The quantitative estimate of drug-likeness (QED) is 0.712. The maximum absolute atomic E-state index is 12.2. The number of nitrogens with one attached hydrogen (secondary N) is 2. The van der Waals surface area contributed by atoms with Crippen molar-refractivity contribution < 1.29 is 9.90 Å². The first-order valence-corrected chi connectivity index (χ1v) is 6.70. The number of amides is 1. The van der Waals surface area contributed by atoms with E-state index in [4.69, 9.17) is 0 Å². The number of tetrazole rings is 1. The molecule has 1 fully saturated rings. The summed E-state index contributed by atoms with van der Waals surface area (Å²) < 4.78 is 1.52. The second-order valence-electron chi connectivity index (χ2n) is 5.09. The normalized spacial score (nSPS) is 21.4. The van der Waals surface area contributed by atoms with Crippen molar-refractivity contribution in [1.29, 1.82) is 0 Å². The number of hydrogen-bond acceptors (Lipinski definition) is 6. The molecule has 3 N–H and O–H groups in total. The first-order valence-electron chi connectivity index (χ1n) is 6.70. The number of aliphatic hydroxyl groups excluding tert-OH is 1. The highest BCUT2D eigenvalue weighted by Crippen LogP contribution is 2.20. The van der Waals surface area contributed by atoms with Crippen molar-refractivity contribution in [2.75, 3.05) is 11.9 Å². The van der Waals surface area contributed by atoms with Gasteiger partial charge in [-0.05, 0) is 41.5 Å². The number of rotatable bonds is 3. The van der Waals surface area contributed by atoms with Crippen LogP contribution in [-0.4, -0.2) is 49.9 Å². The van der Waals surface area contributed by atoms with Crippen molar-refractivity contribution in [2.45, 2.75) is 25.5 Å². The number of aromatic nitrogens is 4. The Morgan fingerprint density at radius 1 is 1.52 bits per heavy atom. The highest BCUT2D eigenvalue weighted by atomic mass is 16.3. The lowest BCUT2D eigenvalue weighted by Crippen LogP contribution is -2.35. The van der Waals surface area contributed by atoms with Crippen LogP contribution < -0.4 is 10.6 Å². The van der Waals surface area contributed by atoms with Gasteiger partial charge in [0.2, 0.25) is 5.91 Å². The summed E-state index contributed by atoms with van der Waals surface area (Å²) in [7, 11) is 0. The van der Waals surface area contributed by atoms with Gasteiger partial charge in [-0.15, -0.1) is 5.10 Å². The summed E-state index contributed by atoms with van der Waals surface area (Å²) in [5, 5.41) is 26.3. The Labute approximate surface area is 121 Å². The van der Waals surface area contributed by atoms with Gasteiger partial charge in [0, 0.05) is 12.2 Å². The van der Waals surface area contributed by atoms with E-state index in [0.29, 0.717) is 18.7 Å². The topological polar surface area (TPSA) is 105 Å². The fourth-order valence-electron chi connectivity index (χ4n) is 2.30. The van der Waals surface area contributed by atoms with E-state index in [-0.39, 0.29) is 11.9 Å². The third kappa shape index (κ3) is 2.91. The van der Waals surface area contributed by atoms with Crippen LogP contribution in [-0.2, 0) is 4.79 Å². The molecule has 0 radical (unpaired) electrons. The highest BCUT2D eigenvalue weighted by Gasteiger charge is 2.28.